The van der Waals surface area contributed by atoms with Gasteiger partial charge in [-0.25, -0.2) is 9.78 Å². The topological polar surface area (TPSA) is 67.4 Å². The summed E-state index contributed by atoms with van der Waals surface area (Å²) in [5.41, 5.74) is 0. The maximum Gasteiger partial charge on any atom is 0.409 e. The van der Waals surface area contributed by atoms with E-state index in [-0.39, 0.29) is 12.1 Å². The predicted molar refractivity (Wildman–Crippen MR) is 69.9 cm³/mol. The quantitative estimate of drug-likeness (QED) is 0.906. The number of likely N-dealkylation sites (tertiary alicyclic amines) is 1. The third-order valence-corrected chi connectivity index (χ3v) is 3.65. The number of methoxy groups -OCH3 is 1. The van der Waals surface area contributed by atoms with Gasteiger partial charge in [-0.2, -0.15) is 4.37 Å². The van der Waals surface area contributed by atoms with Gasteiger partial charge in [0.25, 0.3) is 0 Å². The lowest BCUT2D eigenvalue weighted by Gasteiger charge is -2.31. The van der Waals surface area contributed by atoms with Crippen LogP contribution < -0.4 is 5.32 Å². The van der Waals surface area contributed by atoms with Crippen LogP contribution in [0.25, 0.3) is 0 Å². The van der Waals surface area contributed by atoms with E-state index >= 15 is 0 Å². The summed E-state index contributed by atoms with van der Waals surface area (Å²) in [6.07, 6.45) is 2.60. The van der Waals surface area contributed by atoms with Crippen molar-refractivity contribution >= 4 is 22.8 Å². The molecule has 7 heteroatoms. The monoisotopic (exact) mass is 270 g/mol. The summed E-state index contributed by atoms with van der Waals surface area (Å²) in [7, 11) is 1.41. The van der Waals surface area contributed by atoms with Gasteiger partial charge in [-0.15, -0.1) is 0 Å². The molecule has 0 spiro atoms. The van der Waals surface area contributed by atoms with E-state index in [0.29, 0.717) is 6.54 Å². The molecule has 0 unspecified atom stereocenters. The summed E-state index contributed by atoms with van der Waals surface area (Å²) in [5.74, 6) is 0.864. The molecular formula is C11H18N4O2S. The number of carbonyl (C=O) groups is 1. The Morgan fingerprint density at radius 1 is 1.67 bits per heavy atom. The number of aromatic nitrogens is 2. The molecule has 1 saturated heterocycles. The zero-order valence-electron chi connectivity index (χ0n) is 10.7. The van der Waals surface area contributed by atoms with Gasteiger partial charge in [0.1, 0.15) is 5.82 Å². The van der Waals surface area contributed by atoms with E-state index in [1.54, 1.807) is 4.90 Å². The number of amides is 1. The Morgan fingerprint density at radius 2 is 2.50 bits per heavy atom. The Kier molecular flexibility index (Phi) is 4.35. The fourth-order valence-electron chi connectivity index (χ4n) is 2.02. The van der Waals surface area contributed by atoms with Crippen molar-refractivity contribution in [3.05, 3.63) is 5.82 Å². The number of carbonyl (C=O) groups excluding carboxylic acids is 1. The normalized spacial score (nSPS) is 19.7. The Bertz CT molecular complexity index is 410. The number of piperidine rings is 1. The van der Waals surface area contributed by atoms with E-state index in [1.165, 1.54) is 18.6 Å². The molecule has 1 aliphatic rings. The van der Waals surface area contributed by atoms with Gasteiger partial charge in [-0.1, -0.05) is 6.92 Å². The minimum Gasteiger partial charge on any atom is -0.453 e. The molecule has 1 fully saturated rings. The molecule has 6 nitrogen and oxygen atoms in total. The Hall–Kier alpha value is -1.37. The number of ether oxygens (including phenoxy) is 1. The third-order valence-electron chi connectivity index (χ3n) is 2.97. The average Bonchev–Trinajstić information content (AvgIpc) is 2.86. The molecule has 18 heavy (non-hydrogen) atoms. The Morgan fingerprint density at radius 3 is 3.17 bits per heavy atom. The smallest absolute Gasteiger partial charge is 0.409 e. The summed E-state index contributed by atoms with van der Waals surface area (Å²) >= 11 is 1.38. The summed E-state index contributed by atoms with van der Waals surface area (Å²) in [6, 6.07) is 0.232. The predicted octanol–water partition coefficient (Wildman–Crippen LogP) is 1.74. The van der Waals surface area contributed by atoms with Gasteiger partial charge in [0.05, 0.1) is 7.11 Å². The van der Waals surface area contributed by atoms with E-state index in [1.807, 2.05) is 6.92 Å². The van der Waals surface area contributed by atoms with E-state index in [4.69, 9.17) is 4.74 Å². The molecule has 2 rings (SSSR count). The summed E-state index contributed by atoms with van der Waals surface area (Å²) in [4.78, 5) is 17.6. The molecule has 100 valence electrons. The molecule has 1 aliphatic heterocycles. The van der Waals surface area contributed by atoms with Crippen molar-refractivity contribution in [3.8, 4) is 0 Å². The zero-order chi connectivity index (χ0) is 13.0. The van der Waals surface area contributed by atoms with Crippen LogP contribution in [-0.2, 0) is 11.2 Å². The highest BCUT2D eigenvalue weighted by atomic mass is 32.1. The van der Waals surface area contributed by atoms with Crippen LogP contribution in [0.3, 0.4) is 0 Å². The van der Waals surface area contributed by atoms with Gasteiger partial charge < -0.3 is 15.0 Å². The largest absolute Gasteiger partial charge is 0.453 e. The van der Waals surface area contributed by atoms with Crippen molar-refractivity contribution in [2.75, 3.05) is 25.5 Å². The molecule has 2 heterocycles. The van der Waals surface area contributed by atoms with Crippen molar-refractivity contribution in [2.24, 2.45) is 0 Å². The van der Waals surface area contributed by atoms with Crippen LogP contribution in [0.4, 0.5) is 9.93 Å². The zero-order valence-corrected chi connectivity index (χ0v) is 11.5. The molecular weight excluding hydrogens is 252 g/mol. The lowest BCUT2D eigenvalue weighted by atomic mass is 10.1. The highest BCUT2D eigenvalue weighted by molar-refractivity contribution is 7.09. The first-order valence-electron chi connectivity index (χ1n) is 6.15. The molecule has 1 aromatic heterocycles. The first kappa shape index (κ1) is 13.1. The van der Waals surface area contributed by atoms with Crippen LogP contribution >= 0.6 is 11.5 Å². The van der Waals surface area contributed by atoms with Gasteiger partial charge in [-0.05, 0) is 12.8 Å². The van der Waals surface area contributed by atoms with Crippen LogP contribution in [0.2, 0.25) is 0 Å². The second-order valence-electron chi connectivity index (χ2n) is 4.27. The van der Waals surface area contributed by atoms with Gasteiger partial charge in [0.15, 0.2) is 0 Å². The van der Waals surface area contributed by atoms with Crippen molar-refractivity contribution in [3.63, 3.8) is 0 Å². The van der Waals surface area contributed by atoms with Gasteiger partial charge in [0.2, 0.25) is 5.13 Å². The lowest BCUT2D eigenvalue weighted by molar-refractivity contribution is 0.113. The second kappa shape index (κ2) is 5.99. The third kappa shape index (κ3) is 3.10. The van der Waals surface area contributed by atoms with Gasteiger partial charge in [0, 0.05) is 37.1 Å². The van der Waals surface area contributed by atoms with Crippen molar-refractivity contribution in [1.29, 1.82) is 0 Å². The van der Waals surface area contributed by atoms with Crippen molar-refractivity contribution in [1.82, 2.24) is 14.3 Å². The van der Waals surface area contributed by atoms with Crippen LogP contribution in [0, 0.1) is 0 Å². The fraction of sp³-hybridized carbons (Fsp3) is 0.727. The number of anilines is 1. The minimum absolute atomic E-state index is 0.232. The van der Waals surface area contributed by atoms with Crippen molar-refractivity contribution in [2.45, 2.75) is 32.2 Å². The summed E-state index contributed by atoms with van der Waals surface area (Å²) in [6.45, 7) is 3.46. The highest BCUT2D eigenvalue weighted by Crippen LogP contribution is 2.18. The lowest BCUT2D eigenvalue weighted by Crippen LogP contribution is -2.45. The molecule has 1 amide bonds. The van der Waals surface area contributed by atoms with Gasteiger partial charge >= 0.3 is 6.09 Å². The maximum atomic E-state index is 11.5. The van der Waals surface area contributed by atoms with E-state index in [9.17, 15) is 4.79 Å². The van der Waals surface area contributed by atoms with Crippen LogP contribution in [0.15, 0.2) is 0 Å². The molecule has 0 aliphatic carbocycles. The molecule has 1 N–H and O–H groups in total. The Balaban J connectivity index is 1.91. The molecule has 0 saturated carbocycles. The van der Waals surface area contributed by atoms with E-state index in [2.05, 4.69) is 14.7 Å². The van der Waals surface area contributed by atoms with Crippen LogP contribution in [-0.4, -0.2) is 46.6 Å². The maximum absolute atomic E-state index is 11.5. The standard InChI is InChI=1S/C11H18N4O2S/c1-3-9-13-10(18-14-9)12-8-5-4-6-15(7-8)11(16)17-2/h8H,3-7H2,1-2H3,(H,12,13,14)/t8-/m0/s1. The summed E-state index contributed by atoms with van der Waals surface area (Å²) in [5, 5.41) is 4.18. The van der Waals surface area contributed by atoms with E-state index in [0.717, 1.165) is 36.8 Å². The molecule has 0 aromatic carbocycles. The molecule has 1 atom stereocenters. The average molecular weight is 270 g/mol. The van der Waals surface area contributed by atoms with Crippen LogP contribution in [0.5, 0.6) is 0 Å². The highest BCUT2D eigenvalue weighted by Gasteiger charge is 2.24. The SMILES string of the molecule is CCc1nsc(N[C@H]2CCCN(C(=O)OC)C2)n1. The molecule has 0 radical (unpaired) electrons. The number of hydrogen-bond acceptors (Lipinski definition) is 6. The number of nitrogens with zero attached hydrogens (tertiary/aromatic N) is 3. The Labute approximate surface area is 111 Å². The van der Waals surface area contributed by atoms with Crippen molar-refractivity contribution < 1.29 is 9.53 Å². The second-order valence-corrected chi connectivity index (χ2v) is 5.02. The molecule has 1 aromatic rings. The minimum atomic E-state index is -0.256. The number of hydrogen-bond donors (Lipinski definition) is 1. The fourth-order valence-corrected chi connectivity index (χ4v) is 2.75. The van der Waals surface area contributed by atoms with Gasteiger partial charge in [-0.3, -0.25) is 0 Å². The molecule has 0 bridgehead atoms. The van der Waals surface area contributed by atoms with Crippen LogP contribution in [0.1, 0.15) is 25.6 Å². The number of rotatable bonds is 3. The number of nitrogens with one attached hydrogen (secondary N) is 1. The first-order chi connectivity index (χ1) is 8.72. The van der Waals surface area contributed by atoms with E-state index < -0.39 is 0 Å². The number of aryl methyl sites for hydroxylation is 1. The summed E-state index contributed by atoms with van der Waals surface area (Å²) < 4.78 is 8.98. The first-order valence-corrected chi connectivity index (χ1v) is 6.92.